The summed E-state index contributed by atoms with van der Waals surface area (Å²) < 4.78 is 2.25. The lowest BCUT2D eigenvalue weighted by Crippen LogP contribution is -2.07. The van der Waals surface area contributed by atoms with Gasteiger partial charge in [0.1, 0.15) is 0 Å². The topological polar surface area (TPSA) is 42.7 Å². The van der Waals surface area contributed by atoms with Gasteiger partial charge in [-0.05, 0) is 31.9 Å². The number of aromatic nitrogens is 3. The summed E-state index contributed by atoms with van der Waals surface area (Å²) in [5.41, 5.74) is 2.11. The number of anilines is 1. The Hall–Kier alpha value is -1.84. The zero-order chi connectivity index (χ0) is 11.7. The molecule has 0 unspecified atom stereocenters. The highest BCUT2D eigenvalue weighted by atomic mass is 15.2. The molecule has 1 aliphatic carbocycles. The molecule has 0 radical (unpaired) electrons. The summed E-state index contributed by atoms with van der Waals surface area (Å²) in [7, 11) is 0. The van der Waals surface area contributed by atoms with Crippen LogP contribution in [0.4, 0.5) is 5.95 Å². The van der Waals surface area contributed by atoms with Gasteiger partial charge in [-0.3, -0.25) is 4.98 Å². The van der Waals surface area contributed by atoms with Gasteiger partial charge < -0.3 is 9.88 Å². The average molecular weight is 228 g/mol. The summed E-state index contributed by atoms with van der Waals surface area (Å²) in [4.78, 5) is 8.80. The summed E-state index contributed by atoms with van der Waals surface area (Å²) in [6, 6.07) is 6.61. The lowest BCUT2D eigenvalue weighted by Gasteiger charge is -2.07. The Morgan fingerprint density at radius 3 is 3.00 bits per heavy atom. The Bertz CT molecular complexity index is 499. The van der Waals surface area contributed by atoms with Crippen LogP contribution in [0.5, 0.6) is 0 Å². The predicted molar refractivity (Wildman–Crippen MR) is 66.8 cm³/mol. The van der Waals surface area contributed by atoms with E-state index in [0.29, 0.717) is 6.04 Å². The monoisotopic (exact) mass is 228 g/mol. The van der Waals surface area contributed by atoms with Crippen LogP contribution < -0.4 is 5.32 Å². The van der Waals surface area contributed by atoms with Gasteiger partial charge >= 0.3 is 0 Å². The first-order valence-corrected chi connectivity index (χ1v) is 6.02. The number of rotatable bonds is 4. The van der Waals surface area contributed by atoms with Crippen LogP contribution in [0.15, 0.2) is 30.6 Å². The van der Waals surface area contributed by atoms with Gasteiger partial charge in [0.15, 0.2) is 0 Å². The Balaban J connectivity index is 1.72. The molecule has 0 atom stereocenters. The molecule has 0 spiro atoms. The highest BCUT2D eigenvalue weighted by Gasteiger charge is 2.26. The van der Waals surface area contributed by atoms with Gasteiger partial charge in [-0.2, -0.15) is 0 Å². The Kier molecular flexibility index (Phi) is 2.55. The normalized spacial score (nSPS) is 14.9. The van der Waals surface area contributed by atoms with Crippen molar-refractivity contribution in [1.29, 1.82) is 0 Å². The molecule has 2 aromatic heterocycles. The molecule has 2 aromatic rings. The van der Waals surface area contributed by atoms with Gasteiger partial charge in [0.2, 0.25) is 5.95 Å². The maximum absolute atomic E-state index is 4.51. The van der Waals surface area contributed by atoms with Crippen LogP contribution in [0.2, 0.25) is 0 Å². The molecule has 0 bridgehead atoms. The van der Waals surface area contributed by atoms with Crippen LogP contribution in [0.25, 0.3) is 0 Å². The first kappa shape index (κ1) is 10.3. The molecule has 1 aliphatic rings. The molecule has 0 aromatic carbocycles. The molecule has 4 heteroatoms. The minimum Gasteiger partial charge on any atom is -0.350 e. The summed E-state index contributed by atoms with van der Waals surface area (Å²) in [6.45, 7) is 2.76. The molecule has 1 fully saturated rings. The molecule has 2 heterocycles. The highest BCUT2D eigenvalue weighted by molar-refractivity contribution is 5.31. The molecule has 4 nitrogen and oxygen atoms in total. The van der Waals surface area contributed by atoms with Gasteiger partial charge in [0.25, 0.3) is 0 Å². The molecule has 1 N–H and O–H groups in total. The fourth-order valence-electron chi connectivity index (χ4n) is 1.95. The first-order valence-electron chi connectivity index (χ1n) is 6.02. The fourth-order valence-corrected chi connectivity index (χ4v) is 1.95. The average Bonchev–Trinajstić information content (AvgIpc) is 3.12. The second-order valence-electron chi connectivity index (χ2n) is 4.52. The van der Waals surface area contributed by atoms with E-state index in [2.05, 4.69) is 26.0 Å². The summed E-state index contributed by atoms with van der Waals surface area (Å²) in [5.74, 6) is 0.968. The largest absolute Gasteiger partial charge is 0.350 e. The number of pyridine rings is 1. The number of imidazole rings is 1. The van der Waals surface area contributed by atoms with Crippen LogP contribution in [0.1, 0.15) is 30.3 Å². The lowest BCUT2D eigenvalue weighted by atomic mass is 10.3. The van der Waals surface area contributed by atoms with Gasteiger partial charge in [-0.15, -0.1) is 0 Å². The molecular formula is C13H16N4. The Labute approximate surface area is 101 Å². The standard InChI is InChI=1S/C13H16N4/c1-10-9-17(12-5-6-12)13(16-10)15-8-11-4-2-3-7-14-11/h2-4,7,9,12H,5-6,8H2,1H3,(H,15,16). The van der Waals surface area contributed by atoms with E-state index >= 15 is 0 Å². The van der Waals surface area contributed by atoms with Crippen molar-refractivity contribution < 1.29 is 0 Å². The number of nitrogens with one attached hydrogen (secondary N) is 1. The minimum atomic E-state index is 0.655. The number of hydrogen-bond acceptors (Lipinski definition) is 3. The van der Waals surface area contributed by atoms with E-state index in [-0.39, 0.29) is 0 Å². The molecule has 0 aliphatic heterocycles. The number of aryl methyl sites for hydroxylation is 1. The van der Waals surface area contributed by atoms with Crippen molar-refractivity contribution in [3.8, 4) is 0 Å². The highest BCUT2D eigenvalue weighted by Crippen LogP contribution is 2.37. The van der Waals surface area contributed by atoms with Crippen LogP contribution in [0.3, 0.4) is 0 Å². The van der Waals surface area contributed by atoms with Crippen LogP contribution in [-0.2, 0) is 6.54 Å². The van der Waals surface area contributed by atoms with Crippen LogP contribution >= 0.6 is 0 Å². The summed E-state index contributed by atoms with van der Waals surface area (Å²) >= 11 is 0. The number of hydrogen-bond donors (Lipinski definition) is 1. The maximum Gasteiger partial charge on any atom is 0.203 e. The van der Waals surface area contributed by atoms with E-state index in [1.807, 2.05) is 31.3 Å². The SMILES string of the molecule is Cc1cn(C2CC2)c(NCc2ccccn2)n1. The molecule has 1 saturated carbocycles. The van der Waals surface area contributed by atoms with Crippen molar-refractivity contribution in [2.75, 3.05) is 5.32 Å². The van der Waals surface area contributed by atoms with Crippen molar-refractivity contribution in [2.45, 2.75) is 32.4 Å². The minimum absolute atomic E-state index is 0.655. The van der Waals surface area contributed by atoms with Gasteiger partial charge in [0.05, 0.1) is 17.9 Å². The molecular weight excluding hydrogens is 212 g/mol. The zero-order valence-corrected chi connectivity index (χ0v) is 9.93. The molecule has 3 rings (SSSR count). The van der Waals surface area contributed by atoms with Crippen molar-refractivity contribution in [3.05, 3.63) is 42.0 Å². The first-order chi connectivity index (χ1) is 8.33. The van der Waals surface area contributed by atoms with Crippen molar-refractivity contribution in [2.24, 2.45) is 0 Å². The van der Waals surface area contributed by atoms with Crippen molar-refractivity contribution in [1.82, 2.24) is 14.5 Å². The lowest BCUT2D eigenvalue weighted by molar-refractivity contribution is 0.741. The fraction of sp³-hybridized carbons (Fsp3) is 0.385. The third-order valence-corrected chi connectivity index (χ3v) is 2.95. The van der Waals surface area contributed by atoms with E-state index in [1.165, 1.54) is 12.8 Å². The quantitative estimate of drug-likeness (QED) is 0.874. The van der Waals surface area contributed by atoms with Crippen LogP contribution in [0, 0.1) is 6.92 Å². The molecule has 17 heavy (non-hydrogen) atoms. The second kappa shape index (κ2) is 4.20. The van der Waals surface area contributed by atoms with E-state index in [4.69, 9.17) is 0 Å². The smallest absolute Gasteiger partial charge is 0.203 e. The molecule has 0 saturated heterocycles. The van der Waals surface area contributed by atoms with Crippen molar-refractivity contribution in [3.63, 3.8) is 0 Å². The molecule has 88 valence electrons. The summed E-state index contributed by atoms with van der Waals surface area (Å²) in [5, 5.41) is 3.36. The maximum atomic E-state index is 4.51. The summed E-state index contributed by atoms with van der Waals surface area (Å²) in [6.07, 6.45) is 6.48. The van der Waals surface area contributed by atoms with Crippen molar-refractivity contribution >= 4 is 5.95 Å². The zero-order valence-electron chi connectivity index (χ0n) is 9.93. The Morgan fingerprint density at radius 2 is 2.29 bits per heavy atom. The predicted octanol–water partition coefficient (Wildman–Crippen LogP) is 2.53. The van der Waals surface area contributed by atoms with E-state index in [1.54, 1.807) is 0 Å². The van der Waals surface area contributed by atoms with E-state index in [9.17, 15) is 0 Å². The Morgan fingerprint density at radius 1 is 1.41 bits per heavy atom. The molecule has 0 amide bonds. The third kappa shape index (κ3) is 2.30. The van der Waals surface area contributed by atoms with Gasteiger partial charge in [-0.1, -0.05) is 6.07 Å². The second-order valence-corrected chi connectivity index (χ2v) is 4.52. The van der Waals surface area contributed by atoms with Gasteiger partial charge in [-0.25, -0.2) is 4.98 Å². The van der Waals surface area contributed by atoms with E-state index < -0.39 is 0 Å². The van der Waals surface area contributed by atoms with Gasteiger partial charge in [0, 0.05) is 18.4 Å². The van der Waals surface area contributed by atoms with Crippen LogP contribution in [-0.4, -0.2) is 14.5 Å². The van der Waals surface area contributed by atoms with E-state index in [0.717, 1.165) is 23.9 Å². The third-order valence-electron chi connectivity index (χ3n) is 2.95. The number of nitrogens with zero attached hydrogens (tertiary/aromatic N) is 3.